The molecule has 2 saturated carbocycles. The van der Waals surface area contributed by atoms with E-state index in [0.29, 0.717) is 57.6 Å². The van der Waals surface area contributed by atoms with E-state index in [4.69, 9.17) is 9.47 Å². The second-order valence-electron chi connectivity index (χ2n) is 16.6. The molecule has 2 saturated heterocycles. The average Bonchev–Trinajstić information content (AvgIpc) is 4.01. The first-order chi connectivity index (χ1) is 25.7. The molecule has 3 N–H and O–H groups in total. The van der Waals surface area contributed by atoms with Gasteiger partial charge >= 0.3 is 6.09 Å². The molecular formula is C39H52N6O8S. The zero-order valence-electron chi connectivity index (χ0n) is 31.5. The summed E-state index contributed by atoms with van der Waals surface area (Å²) in [6.45, 7) is 7.21. The van der Waals surface area contributed by atoms with Crippen molar-refractivity contribution in [1.29, 1.82) is 0 Å². The van der Waals surface area contributed by atoms with Gasteiger partial charge in [-0.1, -0.05) is 43.2 Å². The minimum atomic E-state index is -3.87. The predicted molar refractivity (Wildman–Crippen MR) is 201 cm³/mol. The van der Waals surface area contributed by atoms with Crippen molar-refractivity contribution in [2.24, 2.45) is 17.8 Å². The van der Waals surface area contributed by atoms with Crippen LogP contribution in [0.2, 0.25) is 0 Å². The standard InChI is InChI=1S/C39H52N6O8S/c1-38(2,3)53-37(49)41-31-15-9-7-5-6-8-12-26-19-39(26,36(48)43-54(50,51)27-16-17-27)42-34(46)33-29-23-44(21-25(29)22-45(33)35(31)47)20-24-18-32(52-4)40-30-14-11-10-13-28(24)30/h8,10-14,18,25-27,29,31,33H,5-7,9,15-17,19-23H2,1-4H3,(H,41,49)(H,42,46)(H,43,48)/b12-8-/t25-,26+,29-,31+,33-,39-/m0/s1. The van der Waals surface area contributed by atoms with Crippen LogP contribution < -0.4 is 20.1 Å². The van der Waals surface area contributed by atoms with Gasteiger partial charge in [-0.25, -0.2) is 18.2 Å². The first-order valence-electron chi connectivity index (χ1n) is 19.2. The average molecular weight is 765 g/mol. The Labute approximate surface area is 316 Å². The zero-order valence-corrected chi connectivity index (χ0v) is 32.3. The monoisotopic (exact) mass is 764 g/mol. The number of carbonyl (C=O) groups excluding carboxylic acids is 4. The molecular weight excluding hydrogens is 713 g/mol. The van der Waals surface area contributed by atoms with Crippen LogP contribution in [-0.4, -0.2) is 102 Å². The zero-order chi connectivity index (χ0) is 38.4. The number of rotatable bonds is 7. The Hall–Kier alpha value is -4.24. The molecule has 7 rings (SSSR count). The molecule has 1 aromatic heterocycles. The maximum Gasteiger partial charge on any atom is 0.408 e. The fourth-order valence-corrected chi connectivity index (χ4v) is 9.80. The van der Waals surface area contributed by atoms with Crippen LogP contribution >= 0.6 is 0 Å². The molecule has 2 aliphatic carbocycles. The van der Waals surface area contributed by atoms with Gasteiger partial charge in [0.1, 0.15) is 23.2 Å². The molecule has 2 aromatic rings. The van der Waals surface area contributed by atoms with E-state index in [-0.39, 0.29) is 36.6 Å². The van der Waals surface area contributed by atoms with Crippen LogP contribution in [0.15, 0.2) is 42.5 Å². The summed E-state index contributed by atoms with van der Waals surface area (Å²) in [5, 5.41) is 6.19. The van der Waals surface area contributed by atoms with Gasteiger partial charge in [0.2, 0.25) is 27.7 Å². The Balaban J connectivity index is 1.19. The Morgan fingerprint density at radius 3 is 2.57 bits per heavy atom. The Morgan fingerprint density at radius 1 is 1.06 bits per heavy atom. The quantitative estimate of drug-likeness (QED) is 0.355. The lowest BCUT2D eigenvalue weighted by atomic mass is 9.93. The summed E-state index contributed by atoms with van der Waals surface area (Å²) in [5.41, 5.74) is -0.392. The molecule has 4 amide bonds. The summed E-state index contributed by atoms with van der Waals surface area (Å²) in [6.07, 6.45) is 7.79. The molecule has 15 heteroatoms. The number of nitrogens with one attached hydrogen (secondary N) is 3. The molecule has 54 heavy (non-hydrogen) atoms. The third-order valence-electron chi connectivity index (χ3n) is 11.4. The lowest BCUT2D eigenvalue weighted by Crippen LogP contribution is -2.60. The van der Waals surface area contributed by atoms with Crippen molar-refractivity contribution in [3.05, 3.63) is 48.0 Å². The van der Waals surface area contributed by atoms with E-state index in [2.05, 4.69) is 25.2 Å². The van der Waals surface area contributed by atoms with E-state index in [9.17, 15) is 27.6 Å². The highest BCUT2D eigenvalue weighted by Gasteiger charge is 2.63. The van der Waals surface area contributed by atoms with E-state index in [1.54, 1.807) is 32.8 Å². The summed E-state index contributed by atoms with van der Waals surface area (Å²) >= 11 is 0. The van der Waals surface area contributed by atoms with Crippen molar-refractivity contribution in [3.63, 3.8) is 0 Å². The van der Waals surface area contributed by atoms with Crippen molar-refractivity contribution in [2.45, 2.75) is 107 Å². The molecule has 292 valence electrons. The third kappa shape index (κ3) is 8.07. The summed E-state index contributed by atoms with van der Waals surface area (Å²) in [5.74, 6) is -1.87. The first kappa shape index (κ1) is 38.1. The van der Waals surface area contributed by atoms with Gasteiger partial charge in [0, 0.05) is 49.5 Å². The lowest BCUT2D eigenvalue weighted by molar-refractivity contribution is -0.142. The highest BCUT2D eigenvalue weighted by atomic mass is 32.2. The van der Waals surface area contributed by atoms with Gasteiger partial charge in [-0.15, -0.1) is 0 Å². The number of alkyl carbamates (subject to hydrolysis) is 1. The van der Waals surface area contributed by atoms with Gasteiger partial charge < -0.3 is 25.0 Å². The molecule has 1 aromatic carbocycles. The number of ether oxygens (including phenoxy) is 2. The van der Waals surface area contributed by atoms with E-state index < -0.39 is 56.4 Å². The van der Waals surface area contributed by atoms with Crippen LogP contribution in [0.25, 0.3) is 10.9 Å². The highest BCUT2D eigenvalue weighted by molar-refractivity contribution is 7.91. The van der Waals surface area contributed by atoms with Crippen molar-refractivity contribution in [3.8, 4) is 5.88 Å². The molecule has 14 nitrogen and oxygen atoms in total. The van der Waals surface area contributed by atoms with Crippen LogP contribution in [0.3, 0.4) is 0 Å². The number of para-hydroxylation sites is 1. The van der Waals surface area contributed by atoms with Crippen LogP contribution in [0, 0.1) is 17.8 Å². The van der Waals surface area contributed by atoms with Crippen LogP contribution in [0.1, 0.15) is 77.7 Å². The fraction of sp³-hybridized carbons (Fsp3) is 0.615. The van der Waals surface area contributed by atoms with Crippen LogP contribution in [0.4, 0.5) is 4.79 Å². The maximum absolute atomic E-state index is 14.7. The summed E-state index contributed by atoms with van der Waals surface area (Å²) < 4.78 is 39.1. The smallest absolute Gasteiger partial charge is 0.408 e. The molecule has 0 spiro atoms. The molecule has 4 heterocycles. The number of benzene rings is 1. The van der Waals surface area contributed by atoms with E-state index in [0.717, 1.165) is 29.3 Å². The summed E-state index contributed by atoms with van der Waals surface area (Å²) in [4.78, 5) is 64.6. The number of likely N-dealkylation sites (tertiary alicyclic amines) is 1. The molecule has 0 bridgehead atoms. The normalized spacial score (nSPS) is 29.9. The van der Waals surface area contributed by atoms with Gasteiger partial charge in [-0.05, 0) is 76.8 Å². The Kier molecular flexibility index (Phi) is 10.4. The number of nitrogens with zero attached hydrogens (tertiary/aromatic N) is 3. The highest BCUT2D eigenvalue weighted by Crippen LogP contribution is 2.47. The SMILES string of the molecule is COc1cc(CN2C[C@H]3CN4C(=O)[C@H](NC(=O)OC(C)(C)C)CCCCC/C=C\[C@@H]5C[C@]5(C(=O)NS(=O)(=O)C5CC5)NC(=O)[C@@H]4[C@H]3C2)c2ccccc2n1. The number of carbonyl (C=O) groups is 4. The second-order valence-corrected chi connectivity index (χ2v) is 18.6. The Morgan fingerprint density at radius 2 is 1.83 bits per heavy atom. The molecule has 0 unspecified atom stereocenters. The minimum absolute atomic E-state index is 0.0735. The number of hydrogen-bond donors (Lipinski definition) is 3. The molecule has 6 atom stereocenters. The number of pyridine rings is 1. The third-order valence-corrected chi connectivity index (χ3v) is 13.2. The summed E-state index contributed by atoms with van der Waals surface area (Å²) in [7, 11) is -2.29. The van der Waals surface area contributed by atoms with E-state index in [1.165, 1.54) is 0 Å². The van der Waals surface area contributed by atoms with Gasteiger partial charge in [0.05, 0.1) is 17.9 Å². The van der Waals surface area contributed by atoms with Gasteiger partial charge in [0.15, 0.2) is 0 Å². The number of fused-ring (bicyclic) bond motifs is 5. The topological polar surface area (TPSA) is 176 Å². The lowest BCUT2D eigenvalue weighted by Gasteiger charge is -2.33. The van der Waals surface area contributed by atoms with E-state index >= 15 is 0 Å². The van der Waals surface area contributed by atoms with Crippen molar-refractivity contribution >= 4 is 44.7 Å². The van der Waals surface area contributed by atoms with Gasteiger partial charge in [-0.3, -0.25) is 24.0 Å². The summed E-state index contributed by atoms with van der Waals surface area (Å²) in [6, 6.07) is 7.90. The van der Waals surface area contributed by atoms with E-state index in [1.807, 2.05) is 42.5 Å². The van der Waals surface area contributed by atoms with Crippen LogP contribution in [-0.2, 0) is 35.7 Å². The minimum Gasteiger partial charge on any atom is -0.481 e. The van der Waals surface area contributed by atoms with Crippen LogP contribution in [0.5, 0.6) is 5.88 Å². The molecule has 0 radical (unpaired) electrons. The Bertz CT molecular complexity index is 1940. The van der Waals surface area contributed by atoms with Crippen molar-refractivity contribution in [1.82, 2.24) is 30.1 Å². The number of allylic oxidation sites excluding steroid dienone is 1. The number of methoxy groups -OCH3 is 1. The number of hydrogen-bond acceptors (Lipinski definition) is 10. The molecule has 5 aliphatic rings. The van der Waals surface area contributed by atoms with Crippen molar-refractivity contribution in [2.75, 3.05) is 26.7 Å². The molecule has 4 fully saturated rings. The van der Waals surface area contributed by atoms with Gasteiger partial charge in [0.25, 0.3) is 5.91 Å². The number of aromatic nitrogens is 1. The molecule has 3 aliphatic heterocycles. The second kappa shape index (κ2) is 14.8. The largest absolute Gasteiger partial charge is 0.481 e. The predicted octanol–water partition coefficient (Wildman–Crippen LogP) is 3.40. The van der Waals surface area contributed by atoms with Crippen molar-refractivity contribution < 1.29 is 37.1 Å². The number of amides is 4. The maximum atomic E-state index is 14.7. The first-order valence-corrected chi connectivity index (χ1v) is 20.7. The number of sulfonamides is 1. The fourth-order valence-electron chi connectivity index (χ4n) is 8.44. The van der Waals surface area contributed by atoms with Gasteiger partial charge in [-0.2, -0.15) is 0 Å².